The molecule has 3 aromatic carbocycles. The molecule has 0 bridgehead atoms. The van der Waals surface area contributed by atoms with Gasteiger partial charge in [-0.15, -0.1) is 0 Å². The highest BCUT2D eigenvalue weighted by Crippen LogP contribution is 2.54. The summed E-state index contributed by atoms with van der Waals surface area (Å²) in [7, 11) is 0. The minimum atomic E-state index is -1.38. The lowest BCUT2D eigenvalue weighted by molar-refractivity contribution is -0.132. The van der Waals surface area contributed by atoms with Crippen molar-refractivity contribution in [1.82, 2.24) is 10.3 Å². The molecule has 4 aromatic rings. The summed E-state index contributed by atoms with van der Waals surface area (Å²) in [5, 5.41) is 7.45. The Kier molecular flexibility index (Phi) is 5.02. The van der Waals surface area contributed by atoms with Gasteiger partial charge in [0.25, 0.3) is 0 Å². The van der Waals surface area contributed by atoms with Crippen molar-refractivity contribution < 1.29 is 23.9 Å². The molecule has 0 radical (unpaired) electrons. The van der Waals surface area contributed by atoms with E-state index in [-0.39, 0.29) is 11.8 Å². The van der Waals surface area contributed by atoms with Crippen molar-refractivity contribution in [3.63, 3.8) is 0 Å². The van der Waals surface area contributed by atoms with Gasteiger partial charge in [0.15, 0.2) is 0 Å². The SMILES string of the molecule is CC(=O)Oc1ccc(N2C(=O)[C@H]3[C@@H](C2=O)[C@@]2(N[C@@H]3Cc3c[nH]c4ccccc34)C(=O)Nc3ccccc32)cc1. The highest BCUT2D eigenvalue weighted by atomic mass is 16.5. The summed E-state index contributed by atoms with van der Waals surface area (Å²) < 4.78 is 5.11. The van der Waals surface area contributed by atoms with Crippen molar-refractivity contribution in [2.24, 2.45) is 11.8 Å². The predicted octanol–water partition coefficient (Wildman–Crippen LogP) is 3.26. The van der Waals surface area contributed by atoms with Crippen LogP contribution in [0.25, 0.3) is 10.9 Å². The van der Waals surface area contributed by atoms with Gasteiger partial charge in [0.2, 0.25) is 17.7 Å². The molecule has 1 spiro atoms. The Balaban J connectivity index is 1.33. The number of nitrogens with one attached hydrogen (secondary N) is 3. The van der Waals surface area contributed by atoms with E-state index >= 15 is 0 Å². The average Bonchev–Trinajstić information content (AvgIpc) is 3.63. The molecule has 0 saturated carbocycles. The van der Waals surface area contributed by atoms with Crippen LogP contribution in [-0.2, 0) is 31.1 Å². The highest BCUT2D eigenvalue weighted by Gasteiger charge is 2.70. The molecule has 9 heteroatoms. The summed E-state index contributed by atoms with van der Waals surface area (Å²) in [4.78, 5) is 57.7. The molecule has 1 aromatic heterocycles. The summed E-state index contributed by atoms with van der Waals surface area (Å²) in [6, 6.07) is 21.0. The van der Waals surface area contributed by atoms with Crippen molar-refractivity contribution >= 4 is 46.0 Å². The predicted molar refractivity (Wildman–Crippen MR) is 143 cm³/mol. The number of fused-ring (bicyclic) bond motifs is 5. The molecule has 39 heavy (non-hydrogen) atoms. The third-order valence-corrected chi connectivity index (χ3v) is 8.09. The van der Waals surface area contributed by atoms with Gasteiger partial charge in [-0.3, -0.25) is 24.5 Å². The zero-order valence-corrected chi connectivity index (χ0v) is 20.9. The van der Waals surface area contributed by atoms with Crippen molar-refractivity contribution in [3.8, 4) is 5.75 Å². The number of hydrogen-bond acceptors (Lipinski definition) is 6. The number of amides is 3. The van der Waals surface area contributed by atoms with Crippen LogP contribution in [0.2, 0.25) is 0 Å². The van der Waals surface area contributed by atoms with E-state index in [1.165, 1.54) is 11.8 Å². The van der Waals surface area contributed by atoms with Gasteiger partial charge >= 0.3 is 5.97 Å². The highest BCUT2D eigenvalue weighted by molar-refractivity contribution is 6.25. The monoisotopic (exact) mass is 520 g/mol. The number of aromatic nitrogens is 1. The van der Waals surface area contributed by atoms with Crippen LogP contribution in [0.5, 0.6) is 5.75 Å². The lowest BCUT2D eigenvalue weighted by atomic mass is 9.76. The normalized spacial score (nSPS) is 25.3. The second-order valence-electron chi connectivity index (χ2n) is 10.2. The average molecular weight is 521 g/mol. The molecule has 2 fully saturated rings. The molecule has 3 N–H and O–H groups in total. The topological polar surface area (TPSA) is 121 Å². The fourth-order valence-electron chi connectivity index (χ4n) is 6.55. The lowest BCUT2D eigenvalue weighted by Gasteiger charge is -2.29. The molecule has 4 heterocycles. The maximum Gasteiger partial charge on any atom is 0.308 e. The molecule has 3 aliphatic rings. The summed E-state index contributed by atoms with van der Waals surface area (Å²) >= 11 is 0. The van der Waals surface area contributed by atoms with Crippen LogP contribution in [0, 0.1) is 11.8 Å². The number of aromatic amines is 1. The van der Waals surface area contributed by atoms with Crippen LogP contribution in [0.1, 0.15) is 18.1 Å². The van der Waals surface area contributed by atoms with E-state index in [0.29, 0.717) is 29.1 Å². The molecule has 0 aliphatic carbocycles. The van der Waals surface area contributed by atoms with Crippen molar-refractivity contribution in [3.05, 3.63) is 90.1 Å². The first-order chi connectivity index (χ1) is 18.9. The summed E-state index contributed by atoms with van der Waals surface area (Å²) in [5.74, 6) is -3.00. The zero-order chi connectivity index (χ0) is 26.9. The van der Waals surface area contributed by atoms with Gasteiger partial charge in [-0.05, 0) is 48.4 Å². The first-order valence-corrected chi connectivity index (χ1v) is 12.8. The fourth-order valence-corrected chi connectivity index (χ4v) is 6.55. The number of nitrogens with zero attached hydrogens (tertiary/aromatic N) is 1. The van der Waals surface area contributed by atoms with Gasteiger partial charge in [0.1, 0.15) is 11.3 Å². The van der Waals surface area contributed by atoms with Crippen LogP contribution in [-0.4, -0.2) is 34.7 Å². The molecule has 194 valence electrons. The van der Waals surface area contributed by atoms with Crippen LogP contribution >= 0.6 is 0 Å². The number of H-pyrrole nitrogens is 1. The van der Waals surface area contributed by atoms with E-state index in [0.717, 1.165) is 16.5 Å². The van der Waals surface area contributed by atoms with E-state index in [1.807, 2.05) is 48.7 Å². The first-order valence-electron chi connectivity index (χ1n) is 12.8. The second-order valence-corrected chi connectivity index (χ2v) is 10.2. The minimum absolute atomic E-state index is 0.310. The maximum absolute atomic E-state index is 14.1. The van der Waals surface area contributed by atoms with Gasteiger partial charge in [-0.1, -0.05) is 36.4 Å². The van der Waals surface area contributed by atoms with Crippen molar-refractivity contribution in [1.29, 1.82) is 0 Å². The number of imide groups is 1. The number of para-hydroxylation sites is 2. The smallest absolute Gasteiger partial charge is 0.308 e. The van der Waals surface area contributed by atoms with Crippen molar-refractivity contribution in [2.45, 2.75) is 24.9 Å². The standard InChI is InChI=1S/C30H24N4O5/c1-16(35)39-19-12-10-18(11-13-19)34-27(36)25-24(14-17-15-31-22-8-4-2-6-20(17)22)33-30(26(25)28(34)37)21-7-3-5-9-23(21)32-29(30)38/h2-13,15,24-26,31,33H,14H2,1H3,(H,32,38)/t24-,25-,26+,30-/m1/s1. The molecule has 3 aliphatic heterocycles. The Morgan fingerprint density at radius 2 is 1.69 bits per heavy atom. The largest absolute Gasteiger partial charge is 0.427 e. The Morgan fingerprint density at radius 1 is 0.949 bits per heavy atom. The van der Waals surface area contributed by atoms with E-state index in [1.54, 1.807) is 30.3 Å². The summed E-state index contributed by atoms with van der Waals surface area (Å²) in [6.45, 7) is 1.30. The number of rotatable bonds is 4. The number of benzene rings is 3. The lowest BCUT2D eigenvalue weighted by Crippen LogP contribution is -2.53. The second kappa shape index (κ2) is 8.37. The van der Waals surface area contributed by atoms with Gasteiger partial charge < -0.3 is 15.0 Å². The Bertz CT molecular complexity index is 1690. The number of esters is 1. The van der Waals surface area contributed by atoms with Crippen LogP contribution < -0.4 is 20.3 Å². The Morgan fingerprint density at radius 3 is 2.49 bits per heavy atom. The molecule has 9 nitrogen and oxygen atoms in total. The molecule has 4 atom stereocenters. The van der Waals surface area contributed by atoms with Gasteiger partial charge in [0, 0.05) is 41.3 Å². The van der Waals surface area contributed by atoms with Gasteiger partial charge in [-0.25, -0.2) is 4.90 Å². The number of carbonyl (C=O) groups excluding carboxylic acids is 4. The van der Waals surface area contributed by atoms with E-state index in [9.17, 15) is 19.2 Å². The van der Waals surface area contributed by atoms with E-state index < -0.39 is 35.3 Å². The number of carbonyl (C=O) groups is 4. The van der Waals surface area contributed by atoms with E-state index in [4.69, 9.17) is 4.74 Å². The van der Waals surface area contributed by atoms with Crippen LogP contribution in [0.4, 0.5) is 11.4 Å². The summed E-state index contributed by atoms with van der Waals surface area (Å²) in [6.07, 6.45) is 2.36. The minimum Gasteiger partial charge on any atom is -0.427 e. The fraction of sp³-hybridized carbons (Fsp3) is 0.200. The first kappa shape index (κ1) is 23.4. The molecule has 0 unspecified atom stereocenters. The Hall–Kier alpha value is -4.76. The molecular formula is C30H24N4O5. The zero-order valence-electron chi connectivity index (χ0n) is 20.9. The maximum atomic E-state index is 14.1. The van der Waals surface area contributed by atoms with Crippen molar-refractivity contribution in [2.75, 3.05) is 10.2 Å². The third-order valence-electron chi connectivity index (χ3n) is 8.09. The van der Waals surface area contributed by atoms with Gasteiger partial charge in [-0.2, -0.15) is 0 Å². The molecule has 2 saturated heterocycles. The number of anilines is 2. The quantitative estimate of drug-likeness (QED) is 0.216. The Labute approximate surface area is 223 Å². The molecule has 3 amide bonds. The van der Waals surface area contributed by atoms with E-state index in [2.05, 4.69) is 15.6 Å². The number of hydrogen-bond donors (Lipinski definition) is 3. The van der Waals surface area contributed by atoms with Crippen LogP contribution in [0.3, 0.4) is 0 Å². The third kappa shape index (κ3) is 3.29. The van der Waals surface area contributed by atoms with Gasteiger partial charge in [0.05, 0.1) is 17.5 Å². The molecule has 7 rings (SSSR count). The number of ether oxygens (including phenoxy) is 1. The molecular weight excluding hydrogens is 496 g/mol. The summed E-state index contributed by atoms with van der Waals surface area (Å²) in [5.41, 5.74) is 2.25. The van der Waals surface area contributed by atoms with Crippen LogP contribution in [0.15, 0.2) is 79.0 Å².